The van der Waals surface area contributed by atoms with Crippen LogP contribution < -0.4 is 4.74 Å². The standard InChI is InChI=1S/C107H127N3O18/c1-3-4-5-6-7-8-9-10-11-12-13-14-42-61-92(116-69-83-49-30-18-31-50-83)91(109-110-108)76-123-105-96(111)100(118-71-85-53-34-20-35-54-85)98(94(124-105)78-114-67-81-45-26-16-27-46-81)127-107-104(122-74-88-59-40-23-41-60-88)102(120-72-86-55-36-21-37-56-86)99(95(126-107)79-115-68-82-47-28-17-29-48-82)128-106-103(121-73-87-57-38-22-39-58-87)101(119-75-89-62-64-90(112-2)65-63-89)97(117-70-84-51-32-19-33-52-84)93(125-106)77-113-66-80-43-24-15-25-44-80/h15-65,91-107,111H,3-14,66-79H2,1-2H3/t91?,92?,93?,94?,95?,96?,97-,98+,99-,100?,101?,102?,103?,104?,105+,106-,107-/m0/s1. The number of nitrogens with zero attached hydrogens (tertiary/aromatic N) is 3. The van der Waals surface area contributed by atoms with Crippen LogP contribution in [0.15, 0.2) is 315 Å². The van der Waals surface area contributed by atoms with Crippen molar-refractivity contribution < 1.29 is 85.6 Å². The van der Waals surface area contributed by atoms with E-state index in [1.165, 1.54) is 57.8 Å². The fraction of sp³-hybridized carbons (Fsp3) is 0.421. The Kier molecular flexibility index (Phi) is 41.0. The zero-order valence-corrected chi connectivity index (χ0v) is 73.9. The van der Waals surface area contributed by atoms with Gasteiger partial charge < -0.3 is 85.6 Å². The smallest absolute Gasteiger partial charge is 0.187 e. The maximum absolute atomic E-state index is 13.5. The zero-order valence-electron chi connectivity index (χ0n) is 73.9. The molecule has 3 fully saturated rings. The average Bonchev–Trinajstić information content (AvgIpc) is 0.779. The lowest BCUT2D eigenvalue weighted by Crippen LogP contribution is -2.68. The first-order valence-electron chi connectivity index (χ1n) is 45.6. The molecule has 0 saturated carbocycles. The van der Waals surface area contributed by atoms with Gasteiger partial charge in [-0.25, -0.2) is 0 Å². The van der Waals surface area contributed by atoms with Crippen molar-refractivity contribution in [2.45, 2.75) is 254 Å². The van der Waals surface area contributed by atoms with Gasteiger partial charge in [-0.05, 0) is 86.1 Å². The predicted octanol–water partition coefficient (Wildman–Crippen LogP) is 21.0. The van der Waals surface area contributed by atoms with Crippen LogP contribution in [0.4, 0.5) is 0 Å². The number of ether oxygens (including phenoxy) is 17. The largest absolute Gasteiger partial charge is 0.497 e. The van der Waals surface area contributed by atoms with Gasteiger partial charge in [-0.3, -0.25) is 0 Å². The first-order chi connectivity index (χ1) is 63.3. The van der Waals surface area contributed by atoms with Gasteiger partial charge in [-0.15, -0.1) is 0 Å². The first kappa shape index (κ1) is 95.9. The summed E-state index contributed by atoms with van der Waals surface area (Å²) in [7, 11) is 1.64. The van der Waals surface area contributed by atoms with Crippen LogP contribution in [0, 0.1) is 0 Å². The normalized spacial score (nSPS) is 22.8. The molecule has 0 amide bonds. The molecule has 3 aliphatic heterocycles. The Labute approximate surface area is 755 Å². The van der Waals surface area contributed by atoms with Gasteiger partial charge in [0.1, 0.15) is 79.0 Å². The average molecular weight is 1740 g/mol. The van der Waals surface area contributed by atoms with Crippen molar-refractivity contribution in [1.29, 1.82) is 0 Å². The molecule has 678 valence electrons. The van der Waals surface area contributed by atoms with Gasteiger partial charge in [0, 0.05) is 4.91 Å². The van der Waals surface area contributed by atoms with E-state index in [4.69, 9.17) is 80.5 Å². The molecule has 0 aliphatic carbocycles. The highest BCUT2D eigenvalue weighted by Crippen LogP contribution is 2.40. The summed E-state index contributed by atoms with van der Waals surface area (Å²) >= 11 is 0. The van der Waals surface area contributed by atoms with Crippen LogP contribution in [0.5, 0.6) is 5.75 Å². The lowest BCUT2D eigenvalue weighted by molar-refractivity contribution is -0.394. The van der Waals surface area contributed by atoms with E-state index in [1.807, 2.05) is 303 Å². The number of rotatable bonds is 56. The molecule has 0 aromatic heterocycles. The summed E-state index contributed by atoms with van der Waals surface area (Å²) < 4.78 is 122. The number of hydrogen-bond acceptors (Lipinski definition) is 19. The molecule has 0 spiro atoms. The molecule has 10 aromatic rings. The van der Waals surface area contributed by atoms with Crippen molar-refractivity contribution in [1.82, 2.24) is 0 Å². The third-order valence-electron chi connectivity index (χ3n) is 23.2. The monoisotopic (exact) mass is 1740 g/mol. The number of allylic oxidation sites excluding steroid dienone is 1. The fourth-order valence-corrected chi connectivity index (χ4v) is 16.2. The van der Waals surface area contributed by atoms with Crippen LogP contribution in [-0.4, -0.2) is 143 Å². The van der Waals surface area contributed by atoms with Gasteiger partial charge in [-0.2, -0.15) is 0 Å². The van der Waals surface area contributed by atoms with Crippen molar-refractivity contribution in [3.05, 3.63) is 375 Å². The van der Waals surface area contributed by atoms with Gasteiger partial charge in [0.2, 0.25) is 0 Å². The number of methoxy groups -OCH3 is 1. The molecular weight excluding hydrogens is 1620 g/mol. The highest BCUT2D eigenvalue weighted by Gasteiger charge is 2.57. The summed E-state index contributed by atoms with van der Waals surface area (Å²) in [5, 5.41) is 17.8. The summed E-state index contributed by atoms with van der Waals surface area (Å²) in [5.41, 5.74) is 19.3. The molecule has 128 heavy (non-hydrogen) atoms. The Morgan fingerprint density at radius 3 is 1.02 bits per heavy atom. The number of aliphatic hydroxyl groups is 1. The Hall–Kier alpha value is -9.63. The Morgan fingerprint density at radius 2 is 0.641 bits per heavy atom. The third-order valence-corrected chi connectivity index (χ3v) is 23.2. The van der Waals surface area contributed by atoms with Crippen molar-refractivity contribution in [3.8, 4) is 5.75 Å². The highest BCUT2D eigenvalue weighted by atomic mass is 16.8. The van der Waals surface area contributed by atoms with Gasteiger partial charge in [-0.1, -0.05) is 374 Å². The Balaban J connectivity index is 0.883. The van der Waals surface area contributed by atoms with E-state index in [0.717, 1.165) is 74.9 Å². The second kappa shape index (κ2) is 54.8. The first-order valence-corrected chi connectivity index (χ1v) is 45.6. The lowest BCUT2D eigenvalue weighted by atomic mass is 9.95. The van der Waals surface area contributed by atoms with Gasteiger partial charge >= 0.3 is 0 Å². The summed E-state index contributed by atoms with van der Waals surface area (Å²) in [6, 6.07) is 95.8. The van der Waals surface area contributed by atoms with E-state index in [1.54, 1.807) is 7.11 Å². The second-order valence-electron chi connectivity index (χ2n) is 32.9. The summed E-state index contributed by atoms with van der Waals surface area (Å²) in [6.07, 6.45) is -0.0902. The van der Waals surface area contributed by atoms with Gasteiger partial charge in [0.05, 0.1) is 112 Å². The van der Waals surface area contributed by atoms with Crippen LogP contribution in [0.3, 0.4) is 0 Å². The molecule has 0 bridgehead atoms. The molecule has 13 rings (SSSR count). The fourth-order valence-electron chi connectivity index (χ4n) is 16.2. The number of benzene rings is 10. The van der Waals surface area contributed by atoms with E-state index < -0.39 is 104 Å². The quantitative estimate of drug-likeness (QED) is 0.0123. The van der Waals surface area contributed by atoms with E-state index in [-0.39, 0.29) is 92.5 Å². The van der Waals surface area contributed by atoms with Crippen LogP contribution in [0.25, 0.3) is 10.4 Å². The number of hydrogen-bond donors (Lipinski definition) is 1. The van der Waals surface area contributed by atoms with Gasteiger partial charge in [0.25, 0.3) is 0 Å². The Morgan fingerprint density at radius 1 is 0.336 bits per heavy atom. The molecule has 21 nitrogen and oxygen atoms in total. The molecule has 11 unspecified atom stereocenters. The highest BCUT2D eigenvalue weighted by molar-refractivity contribution is 5.27. The van der Waals surface area contributed by atoms with E-state index >= 15 is 0 Å². The molecule has 1 N–H and O–H groups in total. The predicted molar refractivity (Wildman–Crippen MR) is 491 cm³/mol. The number of azide groups is 1. The van der Waals surface area contributed by atoms with E-state index in [2.05, 4.69) is 23.0 Å². The molecule has 3 saturated heterocycles. The summed E-state index contributed by atoms with van der Waals surface area (Å²) in [4.78, 5) is 3.37. The van der Waals surface area contributed by atoms with Crippen molar-refractivity contribution in [2.75, 3.05) is 33.5 Å². The van der Waals surface area contributed by atoms with Crippen LogP contribution >= 0.6 is 0 Å². The molecule has 3 aliphatic rings. The molecule has 3 heterocycles. The van der Waals surface area contributed by atoms with Crippen LogP contribution in [0.1, 0.15) is 140 Å². The molecular formula is C107H127N3O18. The molecule has 10 aromatic carbocycles. The second-order valence-corrected chi connectivity index (χ2v) is 32.9. The van der Waals surface area contributed by atoms with Crippen molar-refractivity contribution >= 4 is 0 Å². The van der Waals surface area contributed by atoms with Crippen LogP contribution in [0.2, 0.25) is 0 Å². The minimum absolute atomic E-state index is 0.0116. The Bertz CT molecular complexity index is 4680. The number of aliphatic hydroxyl groups excluding tert-OH is 1. The maximum atomic E-state index is 13.5. The maximum Gasteiger partial charge on any atom is 0.187 e. The third kappa shape index (κ3) is 31.3. The van der Waals surface area contributed by atoms with Crippen molar-refractivity contribution in [3.63, 3.8) is 0 Å². The summed E-state index contributed by atoms with van der Waals surface area (Å²) in [5.74, 6) is 0.695. The molecule has 21 heteroatoms. The lowest BCUT2D eigenvalue weighted by Gasteiger charge is -2.51. The zero-order chi connectivity index (χ0) is 88.0. The van der Waals surface area contributed by atoms with Crippen LogP contribution in [-0.2, 0) is 142 Å². The van der Waals surface area contributed by atoms with Gasteiger partial charge in [0.15, 0.2) is 18.9 Å². The minimum Gasteiger partial charge on any atom is -0.497 e. The summed E-state index contributed by atoms with van der Waals surface area (Å²) in [6.45, 7) is 3.14. The van der Waals surface area contributed by atoms with E-state index in [0.29, 0.717) is 5.75 Å². The van der Waals surface area contributed by atoms with Crippen molar-refractivity contribution in [2.24, 2.45) is 5.11 Å². The number of unbranched alkanes of at least 4 members (excludes halogenated alkanes) is 11. The topological polar surface area (TPSA) is 226 Å². The molecule has 17 atom stereocenters. The SMILES string of the molecule is CCCCCCCCCCCCCC=CC(OCc1ccccc1)C(CO[C@@H]1OC(COCc2ccccc2)[C@@H](O[C@@H]2OC(COCc3ccccc3)[C@H](O[C@@H]3OC(COCc4ccccc4)[C@H](OCc4ccccc4)C(OCc4ccc(OC)cc4)C3OCc3ccccc3)C(OCc3ccccc3)C2OCc2ccccc2)C(OCc2ccccc2)C1O)N=[N+]=[N-]. The minimum atomic E-state index is -1.60. The van der Waals surface area contributed by atoms with E-state index in [9.17, 15) is 10.6 Å². The molecule has 0 radical (unpaired) electrons.